The lowest BCUT2D eigenvalue weighted by Crippen LogP contribution is -2.34. The van der Waals surface area contributed by atoms with E-state index in [2.05, 4.69) is 4.74 Å². The van der Waals surface area contributed by atoms with Gasteiger partial charge >= 0.3 is 17.8 Å². The van der Waals surface area contributed by atoms with Crippen LogP contribution in [0.3, 0.4) is 0 Å². The normalized spacial score (nSPS) is 11.6. The molecule has 2 aromatic heterocycles. The Morgan fingerprint density at radius 2 is 1.96 bits per heavy atom. The highest BCUT2D eigenvalue weighted by Gasteiger charge is 2.45. The van der Waals surface area contributed by atoms with Crippen LogP contribution in [0.4, 0.5) is 13.2 Å². The van der Waals surface area contributed by atoms with Gasteiger partial charge in [0.25, 0.3) is 11.3 Å². The number of methoxy groups -OCH3 is 1. The van der Waals surface area contributed by atoms with Crippen molar-refractivity contribution < 1.29 is 31.9 Å². The Hall–Kier alpha value is -3.21. The van der Waals surface area contributed by atoms with Gasteiger partial charge in [-0.05, 0) is 23.6 Å². The third-order valence-electron chi connectivity index (χ3n) is 3.69. The van der Waals surface area contributed by atoms with Crippen LogP contribution in [0.1, 0.15) is 31.4 Å². The van der Waals surface area contributed by atoms with Crippen molar-refractivity contribution in [1.82, 2.24) is 4.73 Å². The summed E-state index contributed by atoms with van der Waals surface area (Å²) in [6.45, 7) is 0. The van der Waals surface area contributed by atoms with E-state index in [9.17, 15) is 32.9 Å². The molecule has 0 N–H and O–H groups in total. The number of fused-ring (bicyclic) bond motifs is 1. The Morgan fingerprint density at radius 1 is 1.26 bits per heavy atom. The SMILES string of the molecule is COC(=O)c1ccc2c(c1)[n+](=O)c(C(=O)c1cccs1)c(C(F)(F)F)n2[O-]. The second-order valence-electron chi connectivity index (χ2n) is 5.29. The van der Waals surface area contributed by atoms with Crippen molar-refractivity contribution in [2.45, 2.75) is 6.18 Å². The van der Waals surface area contributed by atoms with E-state index in [0.717, 1.165) is 36.6 Å². The van der Waals surface area contributed by atoms with Gasteiger partial charge in [-0.25, -0.2) is 4.79 Å². The molecule has 140 valence electrons. The Labute approximate surface area is 152 Å². The number of esters is 1. The van der Waals surface area contributed by atoms with E-state index >= 15 is 0 Å². The number of hydrogen-bond donors (Lipinski definition) is 0. The number of ketones is 1. The van der Waals surface area contributed by atoms with Gasteiger partial charge in [0.05, 0.1) is 22.0 Å². The molecule has 0 aliphatic heterocycles. The van der Waals surface area contributed by atoms with Crippen LogP contribution in [-0.4, -0.2) is 23.6 Å². The van der Waals surface area contributed by atoms with E-state index in [-0.39, 0.29) is 14.9 Å². The minimum absolute atomic E-state index is 0.145. The molecule has 3 aromatic rings. The van der Waals surface area contributed by atoms with Gasteiger partial charge in [0.2, 0.25) is 5.69 Å². The summed E-state index contributed by atoms with van der Waals surface area (Å²) in [6.07, 6.45) is -5.26. The summed E-state index contributed by atoms with van der Waals surface area (Å²) in [6, 6.07) is 5.48. The number of alkyl halides is 3. The fourth-order valence-corrected chi connectivity index (χ4v) is 3.17. The van der Waals surface area contributed by atoms with Gasteiger partial charge in [0.1, 0.15) is 5.52 Å². The first-order chi connectivity index (χ1) is 12.7. The lowest BCUT2D eigenvalue weighted by atomic mass is 10.1. The Balaban J connectivity index is 2.44. The maximum atomic E-state index is 13.5. The number of hydrogen-bond acceptors (Lipinski definition) is 6. The van der Waals surface area contributed by atoms with Crippen molar-refractivity contribution in [3.8, 4) is 0 Å². The lowest BCUT2D eigenvalue weighted by Gasteiger charge is -2.20. The molecule has 0 unspecified atom stereocenters. The maximum Gasteiger partial charge on any atom is 0.438 e. The van der Waals surface area contributed by atoms with E-state index < -0.39 is 45.1 Å². The molecule has 2 heterocycles. The summed E-state index contributed by atoms with van der Waals surface area (Å²) in [5.41, 5.74) is -4.67. The summed E-state index contributed by atoms with van der Waals surface area (Å²) >= 11 is 0.822. The summed E-state index contributed by atoms with van der Waals surface area (Å²) in [4.78, 5) is 36.6. The number of carbonyl (C=O) groups is 2. The smallest absolute Gasteiger partial charge is 0.438 e. The predicted octanol–water partition coefficient (Wildman–Crippen LogP) is 3.00. The number of aromatic nitrogens is 2. The fourth-order valence-electron chi connectivity index (χ4n) is 2.51. The molecule has 0 fully saturated rings. The van der Waals surface area contributed by atoms with E-state index in [4.69, 9.17) is 0 Å². The summed E-state index contributed by atoms with van der Waals surface area (Å²) in [5, 5.41) is 13.8. The number of benzene rings is 1. The van der Waals surface area contributed by atoms with Crippen LogP contribution < -0.4 is 4.43 Å². The zero-order valence-corrected chi connectivity index (χ0v) is 14.3. The minimum atomic E-state index is -5.26. The molecule has 0 saturated carbocycles. The second-order valence-corrected chi connectivity index (χ2v) is 6.23. The molecule has 0 aliphatic carbocycles. The Kier molecular flexibility index (Phi) is 4.47. The van der Waals surface area contributed by atoms with Crippen molar-refractivity contribution in [2.24, 2.45) is 0 Å². The largest absolute Gasteiger partial charge is 0.805 e. The average molecular weight is 398 g/mol. The van der Waals surface area contributed by atoms with Gasteiger partial charge in [-0.1, -0.05) is 6.07 Å². The van der Waals surface area contributed by atoms with Gasteiger partial charge in [-0.2, -0.15) is 13.2 Å². The summed E-state index contributed by atoms with van der Waals surface area (Å²) in [5.74, 6) is -2.11. The van der Waals surface area contributed by atoms with Crippen LogP contribution in [0.2, 0.25) is 0 Å². The molecule has 0 atom stereocenters. The number of thiophene rings is 1. The highest BCUT2D eigenvalue weighted by Crippen LogP contribution is 2.33. The first-order valence-electron chi connectivity index (χ1n) is 7.23. The molecule has 0 radical (unpaired) electrons. The van der Waals surface area contributed by atoms with Crippen molar-refractivity contribution in [3.63, 3.8) is 0 Å². The van der Waals surface area contributed by atoms with E-state index in [1.165, 1.54) is 17.5 Å². The standard InChI is InChI=1S/C16H9F3N2O5S/c1-26-15(23)8-4-5-9-10(7-8)20(24)12(13(22)11-3-2-6-27-11)14(21(9)25)16(17,18)19/h2-7H,1H3. The van der Waals surface area contributed by atoms with Crippen LogP contribution in [0, 0.1) is 10.1 Å². The molecule has 0 bridgehead atoms. The highest BCUT2D eigenvalue weighted by atomic mass is 32.1. The van der Waals surface area contributed by atoms with Crippen molar-refractivity contribution in [1.29, 1.82) is 0 Å². The monoisotopic (exact) mass is 398 g/mol. The van der Waals surface area contributed by atoms with Crippen LogP contribution >= 0.6 is 11.3 Å². The second kappa shape index (κ2) is 6.50. The van der Waals surface area contributed by atoms with E-state index in [1.54, 1.807) is 0 Å². The van der Waals surface area contributed by atoms with Crippen LogP contribution in [0.15, 0.2) is 35.7 Å². The topological polar surface area (TPSA) is 94.3 Å². The molecule has 27 heavy (non-hydrogen) atoms. The summed E-state index contributed by atoms with van der Waals surface area (Å²) in [7, 11) is 1.07. The summed E-state index contributed by atoms with van der Waals surface area (Å²) < 4.78 is 44.1. The number of carbonyl (C=O) groups excluding carboxylic acids is 2. The van der Waals surface area contributed by atoms with Crippen molar-refractivity contribution in [3.05, 3.63) is 67.7 Å². The maximum absolute atomic E-state index is 13.5. The molecule has 7 nitrogen and oxygen atoms in total. The quantitative estimate of drug-likeness (QED) is 0.384. The van der Waals surface area contributed by atoms with Crippen LogP contribution in [0.25, 0.3) is 11.0 Å². The first kappa shape index (κ1) is 18.6. The zero-order valence-electron chi connectivity index (χ0n) is 13.4. The molecule has 0 aliphatic rings. The third kappa shape index (κ3) is 3.05. The average Bonchev–Trinajstić information content (AvgIpc) is 3.16. The first-order valence-corrected chi connectivity index (χ1v) is 8.11. The molecular formula is C16H9F3N2O5S. The molecule has 11 heteroatoms. The number of halogens is 3. The Bertz CT molecular complexity index is 1120. The van der Waals surface area contributed by atoms with E-state index in [1.807, 2.05) is 0 Å². The van der Waals surface area contributed by atoms with Crippen molar-refractivity contribution in [2.75, 3.05) is 7.11 Å². The van der Waals surface area contributed by atoms with Gasteiger partial charge in [0.15, 0.2) is 0 Å². The number of rotatable bonds is 3. The molecule has 1 aromatic carbocycles. The van der Waals surface area contributed by atoms with Crippen LogP contribution in [-0.2, 0) is 10.9 Å². The zero-order chi connectivity index (χ0) is 19.9. The lowest BCUT2D eigenvalue weighted by molar-refractivity contribution is -0.470. The minimum Gasteiger partial charge on any atom is -0.805 e. The molecule has 3 rings (SSSR count). The number of ether oxygens (including phenoxy) is 1. The van der Waals surface area contributed by atoms with Gasteiger partial charge < -0.3 is 14.7 Å². The van der Waals surface area contributed by atoms with E-state index in [0.29, 0.717) is 0 Å². The molecule has 0 amide bonds. The van der Waals surface area contributed by atoms with Crippen molar-refractivity contribution >= 4 is 34.1 Å². The highest BCUT2D eigenvalue weighted by molar-refractivity contribution is 7.12. The fraction of sp³-hybridized carbons (Fsp3) is 0.125. The van der Waals surface area contributed by atoms with Gasteiger partial charge in [0, 0.05) is 11.0 Å². The molecular weight excluding hydrogens is 389 g/mol. The number of nitrogens with zero attached hydrogens (tertiary/aromatic N) is 2. The molecule has 0 spiro atoms. The molecule has 0 saturated heterocycles. The Morgan fingerprint density at radius 3 is 2.52 bits per heavy atom. The van der Waals surface area contributed by atoms with Gasteiger partial charge in [-0.3, -0.25) is 4.79 Å². The van der Waals surface area contributed by atoms with Crippen LogP contribution in [0.5, 0.6) is 0 Å². The van der Waals surface area contributed by atoms with Gasteiger partial charge in [-0.15, -0.1) is 11.3 Å². The predicted molar refractivity (Wildman–Crippen MR) is 88.2 cm³/mol. The third-order valence-corrected chi connectivity index (χ3v) is 4.56.